The van der Waals surface area contributed by atoms with Gasteiger partial charge in [0.05, 0.1) is 0 Å². The van der Waals surface area contributed by atoms with Crippen LogP contribution in [0.25, 0.3) is 0 Å². The fraction of sp³-hybridized carbons (Fsp3) is 0.125. The van der Waals surface area contributed by atoms with E-state index < -0.39 is 17.5 Å². The smallest absolute Gasteiger partial charge is 0.159 e. The summed E-state index contributed by atoms with van der Waals surface area (Å²) in [5, 5.41) is 8.63. The molecule has 0 saturated carbocycles. The standard InChI is InChI=1S/C16H11F3OS/c17-13-7-11(2-1-5-20)6-12(8-13)10-21-14-3-4-15(18)16(19)9-14/h3-4,6-9,20H,5,10H2. The van der Waals surface area contributed by atoms with Crippen LogP contribution in [0.2, 0.25) is 0 Å². The molecule has 0 heterocycles. The number of rotatable bonds is 3. The van der Waals surface area contributed by atoms with Crippen LogP contribution < -0.4 is 0 Å². The van der Waals surface area contributed by atoms with E-state index >= 15 is 0 Å². The summed E-state index contributed by atoms with van der Waals surface area (Å²) in [5.74, 6) is 3.24. The predicted molar refractivity (Wildman–Crippen MR) is 76.3 cm³/mol. The Hall–Kier alpha value is -1.90. The zero-order valence-corrected chi connectivity index (χ0v) is 11.7. The second-order valence-corrected chi connectivity index (χ2v) is 5.22. The number of aliphatic hydroxyl groups excluding tert-OH is 1. The van der Waals surface area contributed by atoms with Gasteiger partial charge in [-0.05, 0) is 42.0 Å². The van der Waals surface area contributed by atoms with Crippen LogP contribution in [-0.2, 0) is 5.75 Å². The monoisotopic (exact) mass is 308 g/mol. The van der Waals surface area contributed by atoms with Gasteiger partial charge in [-0.2, -0.15) is 0 Å². The number of thioether (sulfide) groups is 1. The Morgan fingerprint density at radius 3 is 2.52 bits per heavy atom. The third-order valence-corrected chi connectivity index (χ3v) is 3.63. The summed E-state index contributed by atoms with van der Waals surface area (Å²) in [5.41, 5.74) is 1.14. The van der Waals surface area contributed by atoms with Gasteiger partial charge in [0.25, 0.3) is 0 Å². The average Bonchev–Trinajstić information content (AvgIpc) is 2.46. The van der Waals surface area contributed by atoms with E-state index in [1.807, 2.05) is 0 Å². The molecule has 21 heavy (non-hydrogen) atoms. The molecule has 0 radical (unpaired) electrons. The van der Waals surface area contributed by atoms with Crippen LogP contribution >= 0.6 is 11.8 Å². The van der Waals surface area contributed by atoms with Gasteiger partial charge in [-0.3, -0.25) is 0 Å². The Bertz CT molecular complexity index is 704. The summed E-state index contributed by atoms with van der Waals surface area (Å²) in [6, 6.07) is 7.95. The van der Waals surface area contributed by atoms with E-state index in [2.05, 4.69) is 11.8 Å². The molecule has 0 unspecified atom stereocenters. The van der Waals surface area contributed by atoms with E-state index in [4.69, 9.17) is 5.11 Å². The van der Waals surface area contributed by atoms with E-state index in [9.17, 15) is 13.2 Å². The molecule has 1 N–H and O–H groups in total. The highest BCUT2D eigenvalue weighted by atomic mass is 32.2. The van der Waals surface area contributed by atoms with Crippen LogP contribution in [0.3, 0.4) is 0 Å². The Kier molecular flexibility index (Phi) is 5.32. The molecule has 0 spiro atoms. The molecule has 0 aliphatic heterocycles. The van der Waals surface area contributed by atoms with Crippen LogP contribution in [0.1, 0.15) is 11.1 Å². The van der Waals surface area contributed by atoms with Crippen molar-refractivity contribution in [1.29, 1.82) is 0 Å². The zero-order valence-electron chi connectivity index (χ0n) is 10.9. The van der Waals surface area contributed by atoms with Crippen molar-refractivity contribution >= 4 is 11.8 Å². The molecule has 2 rings (SSSR count). The summed E-state index contributed by atoms with van der Waals surface area (Å²) in [7, 11) is 0. The minimum Gasteiger partial charge on any atom is -0.384 e. The highest BCUT2D eigenvalue weighted by Gasteiger charge is 2.05. The quantitative estimate of drug-likeness (QED) is 0.688. The second-order valence-electron chi connectivity index (χ2n) is 4.17. The number of aliphatic hydroxyl groups is 1. The van der Waals surface area contributed by atoms with Crippen molar-refractivity contribution in [2.24, 2.45) is 0 Å². The van der Waals surface area contributed by atoms with Gasteiger partial charge in [0.15, 0.2) is 11.6 Å². The Balaban J connectivity index is 2.12. The normalized spacial score (nSPS) is 10.1. The van der Waals surface area contributed by atoms with Crippen molar-refractivity contribution in [3.8, 4) is 11.8 Å². The van der Waals surface area contributed by atoms with E-state index in [1.54, 1.807) is 6.07 Å². The van der Waals surface area contributed by atoms with Crippen molar-refractivity contribution in [1.82, 2.24) is 0 Å². The number of halogens is 3. The summed E-state index contributed by atoms with van der Waals surface area (Å²) in [6.07, 6.45) is 0. The van der Waals surface area contributed by atoms with E-state index in [1.165, 1.54) is 30.0 Å². The summed E-state index contributed by atoms with van der Waals surface area (Å²) >= 11 is 1.27. The molecule has 108 valence electrons. The first-order valence-electron chi connectivity index (χ1n) is 6.05. The van der Waals surface area contributed by atoms with Gasteiger partial charge in [-0.1, -0.05) is 11.8 Å². The van der Waals surface area contributed by atoms with E-state index in [-0.39, 0.29) is 6.61 Å². The Morgan fingerprint density at radius 1 is 1.00 bits per heavy atom. The lowest BCUT2D eigenvalue weighted by molar-refractivity contribution is 0.350. The minimum atomic E-state index is -0.909. The van der Waals surface area contributed by atoms with Crippen LogP contribution in [0.5, 0.6) is 0 Å². The lowest BCUT2D eigenvalue weighted by atomic mass is 10.1. The number of hydrogen-bond donors (Lipinski definition) is 1. The number of hydrogen-bond acceptors (Lipinski definition) is 2. The van der Waals surface area contributed by atoms with Crippen molar-refractivity contribution < 1.29 is 18.3 Å². The zero-order chi connectivity index (χ0) is 15.2. The average molecular weight is 308 g/mol. The van der Waals surface area contributed by atoms with Crippen LogP contribution in [0.4, 0.5) is 13.2 Å². The summed E-state index contributed by atoms with van der Waals surface area (Å²) < 4.78 is 39.3. The first-order valence-corrected chi connectivity index (χ1v) is 7.04. The Labute approximate surface area is 124 Å². The van der Waals surface area contributed by atoms with Crippen LogP contribution in [0, 0.1) is 29.3 Å². The minimum absolute atomic E-state index is 0.296. The lowest BCUT2D eigenvalue weighted by Gasteiger charge is -2.04. The third-order valence-electron chi connectivity index (χ3n) is 2.57. The molecular weight excluding hydrogens is 297 g/mol. The van der Waals surface area contributed by atoms with Gasteiger partial charge in [-0.25, -0.2) is 13.2 Å². The van der Waals surface area contributed by atoms with Crippen molar-refractivity contribution in [3.05, 3.63) is 65.0 Å². The highest BCUT2D eigenvalue weighted by Crippen LogP contribution is 2.25. The fourth-order valence-electron chi connectivity index (χ4n) is 1.68. The lowest BCUT2D eigenvalue weighted by Crippen LogP contribution is -1.88. The summed E-state index contributed by atoms with van der Waals surface area (Å²) in [4.78, 5) is 0.557. The molecule has 0 atom stereocenters. The van der Waals surface area contributed by atoms with Gasteiger partial charge < -0.3 is 5.11 Å². The van der Waals surface area contributed by atoms with E-state index in [0.29, 0.717) is 21.8 Å². The third kappa shape index (κ3) is 4.55. The second kappa shape index (κ2) is 7.21. The molecule has 1 nitrogen and oxygen atoms in total. The maximum Gasteiger partial charge on any atom is 0.159 e. The molecule has 0 aliphatic carbocycles. The first-order chi connectivity index (χ1) is 10.1. The fourth-order valence-corrected chi connectivity index (χ4v) is 2.53. The van der Waals surface area contributed by atoms with Crippen LogP contribution in [0.15, 0.2) is 41.3 Å². The number of benzene rings is 2. The molecule has 0 fully saturated rings. The van der Waals surface area contributed by atoms with Crippen molar-refractivity contribution in [2.75, 3.05) is 6.61 Å². The largest absolute Gasteiger partial charge is 0.384 e. The molecule has 0 aromatic heterocycles. The molecule has 2 aromatic carbocycles. The maximum atomic E-state index is 13.4. The SMILES string of the molecule is OCC#Cc1cc(F)cc(CSc2ccc(F)c(F)c2)c1. The van der Waals surface area contributed by atoms with Gasteiger partial charge >= 0.3 is 0 Å². The van der Waals surface area contributed by atoms with Crippen molar-refractivity contribution in [2.45, 2.75) is 10.6 Å². The molecule has 2 aromatic rings. The predicted octanol–water partition coefficient (Wildman–Crippen LogP) is 3.74. The van der Waals surface area contributed by atoms with Gasteiger partial charge in [0.2, 0.25) is 0 Å². The Morgan fingerprint density at radius 2 is 1.81 bits per heavy atom. The molecule has 0 amide bonds. The maximum absolute atomic E-state index is 13.4. The molecule has 0 aliphatic rings. The molecule has 5 heteroatoms. The van der Waals surface area contributed by atoms with Crippen molar-refractivity contribution in [3.63, 3.8) is 0 Å². The van der Waals surface area contributed by atoms with Gasteiger partial charge in [-0.15, -0.1) is 11.8 Å². The highest BCUT2D eigenvalue weighted by molar-refractivity contribution is 7.98. The van der Waals surface area contributed by atoms with E-state index in [0.717, 1.165) is 12.1 Å². The summed E-state index contributed by atoms with van der Waals surface area (Å²) in [6.45, 7) is -0.296. The van der Waals surface area contributed by atoms with Gasteiger partial charge in [0, 0.05) is 16.2 Å². The first kappa shape index (κ1) is 15.5. The topological polar surface area (TPSA) is 20.2 Å². The molecular formula is C16H11F3OS. The van der Waals surface area contributed by atoms with Crippen LogP contribution in [-0.4, -0.2) is 11.7 Å². The molecule has 0 saturated heterocycles. The molecule has 0 bridgehead atoms. The van der Waals surface area contributed by atoms with Gasteiger partial charge in [0.1, 0.15) is 12.4 Å².